The van der Waals surface area contributed by atoms with Crippen LogP contribution in [0.3, 0.4) is 0 Å². The molecule has 0 fully saturated rings. The molecule has 0 aliphatic rings. The number of nitrogens with two attached hydrogens (primary N) is 1. The van der Waals surface area contributed by atoms with Crippen LogP contribution >= 0.6 is 0 Å². The second-order valence-corrected chi connectivity index (χ2v) is 5.47. The van der Waals surface area contributed by atoms with Crippen LogP contribution in [0.2, 0.25) is 0 Å². The molecule has 0 spiro atoms. The molecule has 5 nitrogen and oxygen atoms in total. The maximum absolute atomic E-state index is 9.37. The maximum atomic E-state index is 9.37. The Morgan fingerprint density at radius 2 is 0.917 bits per heavy atom. The summed E-state index contributed by atoms with van der Waals surface area (Å²) >= 11 is 0. The molecule has 0 heterocycles. The van der Waals surface area contributed by atoms with Crippen molar-refractivity contribution in [2.75, 3.05) is 6.54 Å². The number of aliphatic carboxylic acids is 2. The number of carboxylic acids is 2. The molecule has 0 radical (unpaired) electrons. The fourth-order valence-electron chi connectivity index (χ4n) is 1.63. The van der Waals surface area contributed by atoms with Gasteiger partial charge in [0.25, 0.3) is 0 Å². The van der Waals surface area contributed by atoms with Crippen molar-refractivity contribution >= 4 is 41.5 Å². The van der Waals surface area contributed by atoms with Gasteiger partial charge in [-0.05, 0) is 13.0 Å². The van der Waals surface area contributed by atoms with Gasteiger partial charge in [-0.15, -0.1) is 0 Å². The number of hydrogen-bond donors (Lipinski definition) is 3. The Bertz CT molecular complexity index is 227. The molecule has 0 aromatic carbocycles. The van der Waals surface area contributed by atoms with Gasteiger partial charge in [-0.1, -0.05) is 78.6 Å². The van der Waals surface area contributed by atoms with E-state index in [-0.39, 0.29) is 42.4 Å². The molecule has 0 aromatic rings. The van der Waals surface area contributed by atoms with Gasteiger partial charge in [-0.3, -0.25) is 9.59 Å². The zero-order chi connectivity index (χ0) is 18.3. The number of rotatable bonds is 12. The summed E-state index contributed by atoms with van der Waals surface area (Å²) in [6.07, 6.45) is 14.4. The average molecular weight is 358 g/mol. The second-order valence-electron chi connectivity index (χ2n) is 5.47. The Labute approximate surface area is 171 Å². The van der Waals surface area contributed by atoms with E-state index < -0.39 is 11.9 Å². The molecular formula is C18H40NNaO4. The van der Waals surface area contributed by atoms with Crippen molar-refractivity contribution < 1.29 is 19.8 Å². The molecular weight excluding hydrogens is 317 g/mol. The van der Waals surface area contributed by atoms with Crippen LogP contribution in [0.15, 0.2) is 0 Å². The summed E-state index contributed by atoms with van der Waals surface area (Å²) < 4.78 is 0. The summed E-state index contributed by atoms with van der Waals surface area (Å²) in [5.74, 6) is -1.49. The first kappa shape index (κ1) is 31.6. The van der Waals surface area contributed by atoms with Crippen LogP contribution in [0.4, 0.5) is 0 Å². The molecule has 0 atom stereocenters. The van der Waals surface area contributed by atoms with E-state index in [2.05, 4.69) is 6.92 Å². The minimum atomic E-state index is -0.745. The zero-order valence-electron chi connectivity index (χ0n) is 15.5. The summed E-state index contributed by atoms with van der Waals surface area (Å²) in [7, 11) is 0. The Hall–Kier alpha value is -0.100. The van der Waals surface area contributed by atoms with Crippen LogP contribution in [0.25, 0.3) is 0 Å². The number of carboxylic acid groups (broad SMARTS) is 2. The van der Waals surface area contributed by atoms with E-state index in [1.165, 1.54) is 64.2 Å². The van der Waals surface area contributed by atoms with Crippen molar-refractivity contribution in [1.82, 2.24) is 0 Å². The summed E-state index contributed by atoms with van der Waals surface area (Å²) in [5, 5.41) is 15.4. The van der Waals surface area contributed by atoms with Crippen LogP contribution in [0.5, 0.6) is 0 Å². The van der Waals surface area contributed by atoms with Gasteiger partial charge in [0, 0.05) is 12.8 Å². The van der Waals surface area contributed by atoms with E-state index in [1.807, 2.05) is 0 Å². The predicted molar refractivity (Wildman–Crippen MR) is 104 cm³/mol. The van der Waals surface area contributed by atoms with Crippen molar-refractivity contribution in [3.63, 3.8) is 0 Å². The predicted octanol–water partition coefficient (Wildman–Crippen LogP) is 4.18. The van der Waals surface area contributed by atoms with Crippen LogP contribution in [0.1, 0.15) is 97.8 Å². The SMILES string of the molecule is CCC(=O)O.CCC(=O)O.CCCCCCCCCCCCN.[NaH]. The van der Waals surface area contributed by atoms with Gasteiger partial charge in [0.15, 0.2) is 0 Å². The molecule has 0 amide bonds. The first-order valence-corrected chi connectivity index (χ1v) is 9.09. The van der Waals surface area contributed by atoms with E-state index in [0.29, 0.717) is 0 Å². The molecule has 142 valence electrons. The Balaban J connectivity index is -0.000000151. The van der Waals surface area contributed by atoms with Crippen molar-refractivity contribution in [3.05, 3.63) is 0 Å². The molecule has 24 heavy (non-hydrogen) atoms. The van der Waals surface area contributed by atoms with Crippen molar-refractivity contribution in [2.24, 2.45) is 5.73 Å². The summed E-state index contributed by atoms with van der Waals surface area (Å²) in [5.41, 5.74) is 5.42. The first-order valence-electron chi connectivity index (χ1n) is 9.09. The number of hydrogen-bond acceptors (Lipinski definition) is 3. The monoisotopic (exact) mass is 357 g/mol. The standard InChI is InChI=1S/C12H27N.2C3H6O2.Na.H/c1-2-3-4-5-6-7-8-9-10-11-12-13;2*1-2-3(4)5;;/h2-13H2,1H3;2*2H2,1H3,(H,4,5);;. The van der Waals surface area contributed by atoms with Gasteiger partial charge in [0.05, 0.1) is 0 Å². The van der Waals surface area contributed by atoms with Gasteiger partial charge in [0.2, 0.25) is 0 Å². The number of carbonyl (C=O) groups is 2. The van der Waals surface area contributed by atoms with Gasteiger partial charge in [-0.2, -0.15) is 0 Å². The Morgan fingerprint density at radius 1 is 0.667 bits per heavy atom. The Morgan fingerprint density at radius 3 is 1.12 bits per heavy atom. The Kier molecular flexibility index (Phi) is 40.5. The van der Waals surface area contributed by atoms with Gasteiger partial charge in [0.1, 0.15) is 0 Å². The molecule has 4 N–H and O–H groups in total. The molecule has 0 aromatic heterocycles. The molecule has 0 rings (SSSR count). The minimum absolute atomic E-state index is 0. The summed E-state index contributed by atoms with van der Waals surface area (Å²) in [6, 6.07) is 0. The third-order valence-corrected chi connectivity index (χ3v) is 3.16. The molecule has 0 saturated carbocycles. The molecule has 0 aliphatic carbocycles. The van der Waals surface area contributed by atoms with Gasteiger partial charge >= 0.3 is 41.5 Å². The van der Waals surface area contributed by atoms with Crippen molar-refractivity contribution in [3.8, 4) is 0 Å². The fourth-order valence-corrected chi connectivity index (χ4v) is 1.63. The fraction of sp³-hybridized carbons (Fsp3) is 0.889. The molecule has 0 unspecified atom stereocenters. The van der Waals surface area contributed by atoms with Crippen LogP contribution < -0.4 is 5.73 Å². The van der Waals surface area contributed by atoms with Gasteiger partial charge in [-0.25, -0.2) is 0 Å². The molecule has 0 bridgehead atoms. The van der Waals surface area contributed by atoms with Gasteiger partial charge < -0.3 is 15.9 Å². The van der Waals surface area contributed by atoms with Crippen molar-refractivity contribution in [1.29, 1.82) is 0 Å². The average Bonchev–Trinajstić information content (AvgIpc) is 2.54. The second kappa shape index (κ2) is 30.7. The zero-order valence-corrected chi connectivity index (χ0v) is 15.5. The van der Waals surface area contributed by atoms with E-state index in [1.54, 1.807) is 13.8 Å². The first-order chi connectivity index (χ1) is 11.0. The third kappa shape index (κ3) is 49.5. The van der Waals surface area contributed by atoms with E-state index in [0.717, 1.165) is 6.54 Å². The van der Waals surface area contributed by atoms with E-state index >= 15 is 0 Å². The quantitative estimate of drug-likeness (QED) is 0.359. The van der Waals surface area contributed by atoms with E-state index in [4.69, 9.17) is 15.9 Å². The third-order valence-electron chi connectivity index (χ3n) is 3.16. The van der Waals surface area contributed by atoms with Crippen LogP contribution in [-0.4, -0.2) is 58.3 Å². The van der Waals surface area contributed by atoms with Crippen LogP contribution in [-0.2, 0) is 9.59 Å². The normalized spacial score (nSPS) is 8.83. The van der Waals surface area contributed by atoms with Crippen LogP contribution in [0, 0.1) is 0 Å². The van der Waals surface area contributed by atoms with Crippen molar-refractivity contribution in [2.45, 2.75) is 97.8 Å². The van der Waals surface area contributed by atoms with E-state index in [9.17, 15) is 9.59 Å². The summed E-state index contributed by atoms with van der Waals surface area (Å²) in [4.78, 5) is 18.7. The molecule has 0 saturated heterocycles. The topological polar surface area (TPSA) is 101 Å². The molecule has 0 aliphatic heterocycles. The molecule has 6 heteroatoms. The summed E-state index contributed by atoms with van der Waals surface area (Å²) in [6.45, 7) is 6.34. The number of unbranched alkanes of at least 4 members (excludes halogenated alkanes) is 9.